The van der Waals surface area contributed by atoms with Crippen LogP contribution < -0.4 is 9.47 Å². The minimum absolute atomic E-state index is 0.280. The highest BCUT2D eigenvalue weighted by Gasteiger charge is 2.19. The average molecular weight is 443 g/mol. The topological polar surface area (TPSA) is 62.1 Å². The number of aromatic nitrogens is 4. The number of hydrogen-bond acceptors (Lipinski definition) is 8. The van der Waals surface area contributed by atoms with E-state index in [1.165, 1.54) is 0 Å². The molecule has 148 valence electrons. The van der Waals surface area contributed by atoms with E-state index in [4.69, 9.17) is 14.5 Å². The Balaban J connectivity index is 1.34. The molecule has 6 nitrogen and oxygen atoms in total. The number of rotatable bonds is 6. The molecule has 0 radical (unpaired) electrons. The maximum absolute atomic E-state index is 5.47. The molecule has 9 heteroatoms. The SMILES string of the molecule is CC(C)n1c(SCc2csc(-c3ccc4c(c3)OCO4)n2)nnc1-c1cccs1. The smallest absolute Gasteiger partial charge is 0.231 e. The van der Waals surface area contributed by atoms with E-state index >= 15 is 0 Å². The van der Waals surface area contributed by atoms with E-state index in [0.29, 0.717) is 0 Å². The maximum atomic E-state index is 5.47. The molecule has 0 bridgehead atoms. The molecule has 0 saturated heterocycles. The number of thiazole rings is 1. The quantitative estimate of drug-likeness (QED) is 0.355. The number of fused-ring (bicyclic) bond motifs is 1. The van der Waals surface area contributed by atoms with Crippen LogP contribution in [0.25, 0.3) is 21.3 Å². The van der Waals surface area contributed by atoms with Crippen molar-refractivity contribution in [2.45, 2.75) is 30.8 Å². The summed E-state index contributed by atoms with van der Waals surface area (Å²) in [6.07, 6.45) is 0. The summed E-state index contributed by atoms with van der Waals surface area (Å²) in [5, 5.41) is 14.9. The van der Waals surface area contributed by atoms with Crippen molar-refractivity contribution in [2.75, 3.05) is 6.79 Å². The molecule has 0 fully saturated rings. The van der Waals surface area contributed by atoms with Crippen molar-refractivity contribution >= 4 is 34.4 Å². The van der Waals surface area contributed by atoms with Crippen LogP contribution >= 0.6 is 34.4 Å². The van der Waals surface area contributed by atoms with E-state index < -0.39 is 0 Å². The molecule has 0 unspecified atom stereocenters. The summed E-state index contributed by atoms with van der Waals surface area (Å²) >= 11 is 4.99. The van der Waals surface area contributed by atoms with E-state index in [0.717, 1.165) is 49.4 Å². The summed E-state index contributed by atoms with van der Waals surface area (Å²) in [5.41, 5.74) is 2.07. The Morgan fingerprint density at radius 3 is 2.86 bits per heavy atom. The van der Waals surface area contributed by atoms with E-state index in [9.17, 15) is 0 Å². The van der Waals surface area contributed by atoms with Gasteiger partial charge in [0.25, 0.3) is 0 Å². The molecule has 4 aromatic rings. The standard InChI is InChI=1S/C20H18N4O2S3/c1-12(2)24-18(17-4-3-7-27-17)22-23-20(24)29-10-14-9-28-19(21-14)13-5-6-15-16(8-13)26-11-25-15/h3-9,12H,10-11H2,1-2H3. The Morgan fingerprint density at radius 1 is 1.14 bits per heavy atom. The Labute approximate surface area is 180 Å². The second kappa shape index (κ2) is 7.81. The van der Waals surface area contributed by atoms with E-state index in [2.05, 4.69) is 45.4 Å². The van der Waals surface area contributed by atoms with E-state index in [-0.39, 0.29) is 12.8 Å². The minimum atomic E-state index is 0.280. The van der Waals surface area contributed by atoms with Crippen LogP contribution in [0.4, 0.5) is 0 Å². The van der Waals surface area contributed by atoms with Crippen LogP contribution in [0.2, 0.25) is 0 Å². The fourth-order valence-corrected chi connectivity index (χ4v) is 5.68. The van der Waals surface area contributed by atoms with Gasteiger partial charge in [0.1, 0.15) is 5.01 Å². The molecule has 0 amide bonds. The Kier molecular flexibility index (Phi) is 5.03. The maximum Gasteiger partial charge on any atom is 0.231 e. The van der Waals surface area contributed by atoms with Gasteiger partial charge in [-0.1, -0.05) is 17.8 Å². The van der Waals surface area contributed by atoms with Gasteiger partial charge in [-0.25, -0.2) is 4.98 Å². The zero-order valence-corrected chi connectivity index (χ0v) is 18.3. The number of thioether (sulfide) groups is 1. The largest absolute Gasteiger partial charge is 0.454 e. The monoisotopic (exact) mass is 442 g/mol. The number of benzene rings is 1. The zero-order chi connectivity index (χ0) is 19.8. The van der Waals surface area contributed by atoms with Crippen LogP contribution in [0.15, 0.2) is 46.2 Å². The molecule has 1 aromatic carbocycles. The molecular formula is C20H18N4O2S3. The molecule has 3 aromatic heterocycles. The van der Waals surface area contributed by atoms with Crippen molar-refractivity contribution in [3.05, 3.63) is 46.8 Å². The lowest BCUT2D eigenvalue weighted by atomic mass is 10.2. The van der Waals surface area contributed by atoms with Gasteiger partial charge < -0.3 is 9.47 Å². The van der Waals surface area contributed by atoms with Crippen molar-refractivity contribution in [3.8, 4) is 32.8 Å². The molecule has 0 spiro atoms. The minimum Gasteiger partial charge on any atom is -0.454 e. The summed E-state index contributed by atoms with van der Waals surface area (Å²) in [7, 11) is 0. The average Bonchev–Trinajstić information content (AvgIpc) is 3.52. The predicted octanol–water partition coefficient (Wildman–Crippen LogP) is 5.73. The van der Waals surface area contributed by atoms with Crippen LogP contribution in [0, 0.1) is 0 Å². The third-order valence-electron chi connectivity index (χ3n) is 4.44. The first-order valence-corrected chi connectivity index (χ1v) is 11.9. The zero-order valence-electron chi connectivity index (χ0n) is 15.9. The van der Waals surface area contributed by atoms with Gasteiger partial charge in [-0.2, -0.15) is 0 Å². The molecule has 0 aliphatic carbocycles. The second-order valence-corrected chi connectivity index (χ2v) is 9.50. The van der Waals surface area contributed by atoms with Crippen molar-refractivity contribution in [2.24, 2.45) is 0 Å². The third-order valence-corrected chi connectivity index (χ3v) is 7.23. The summed E-state index contributed by atoms with van der Waals surface area (Å²) in [6.45, 7) is 4.60. The van der Waals surface area contributed by atoms with Crippen molar-refractivity contribution in [1.29, 1.82) is 0 Å². The molecule has 29 heavy (non-hydrogen) atoms. The van der Waals surface area contributed by atoms with Gasteiger partial charge in [-0.3, -0.25) is 4.57 Å². The highest BCUT2D eigenvalue weighted by Crippen LogP contribution is 2.37. The lowest BCUT2D eigenvalue weighted by Gasteiger charge is -2.12. The van der Waals surface area contributed by atoms with Crippen molar-refractivity contribution in [3.63, 3.8) is 0 Å². The molecular weight excluding hydrogens is 424 g/mol. The van der Waals surface area contributed by atoms with Gasteiger partial charge in [0, 0.05) is 22.7 Å². The van der Waals surface area contributed by atoms with Gasteiger partial charge in [0.15, 0.2) is 22.5 Å². The summed E-state index contributed by atoms with van der Waals surface area (Å²) < 4.78 is 13.1. The Bertz CT molecular complexity index is 1130. The normalized spacial score (nSPS) is 12.8. The second-order valence-electron chi connectivity index (χ2n) is 6.75. The molecule has 0 saturated carbocycles. The molecule has 0 atom stereocenters. The lowest BCUT2D eigenvalue weighted by molar-refractivity contribution is 0.174. The van der Waals surface area contributed by atoms with Gasteiger partial charge >= 0.3 is 0 Å². The van der Waals surface area contributed by atoms with Crippen molar-refractivity contribution < 1.29 is 9.47 Å². The first kappa shape index (κ1) is 18.7. The molecule has 1 aliphatic heterocycles. The number of ether oxygens (including phenoxy) is 2. The van der Waals surface area contributed by atoms with Crippen LogP contribution in [-0.4, -0.2) is 26.5 Å². The summed E-state index contributed by atoms with van der Waals surface area (Å²) in [6, 6.07) is 10.3. The molecule has 4 heterocycles. The van der Waals surface area contributed by atoms with E-state index in [1.54, 1.807) is 34.4 Å². The molecule has 5 rings (SSSR count). The summed E-state index contributed by atoms with van der Waals surface area (Å²) in [5.74, 6) is 3.24. The van der Waals surface area contributed by atoms with Gasteiger partial charge in [0.2, 0.25) is 6.79 Å². The highest BCUT2D eigenvalue weighted by atomic mass is 32.2. The Hall–Kier alpha value is -2.36. The number of nitrogens with zero attached hydrogens (tertiary/aromatic N) is 4. The van der Waals surface area contributed by atoms with Gasteiger partial charge in [-0.05, 0) is 43.5 Å². The number of hydrogen-bond donors (Lipinski definition) is 0. The lowest BCUT2D eigenvalue weighted by Crippen LogP contribution is -2.04. The van der Waals surface area contributed by atoms with Crippen molar-refractivity contribution in [1.82, 2.24) is 19.7 Å². The first-order chi connectivity index (χ1) is 14.2. The van der Waals surface area contributed by atoms with Crippen LogP contribution in [0.1, 0.15) is 25.6 Å². The predicted molar refractivity (Wildman–Crippen MR) is 117 cm³/mol. The highest BCUT2D eigenvalue weighted by molar-refractivity contribution is 7.98. The summed E-state index contributed by atoms with van der Waals surface area (Å²) in [4.78, 5) is 5.93. The third kappa shape index (κ3) is 3.65. The molecule has 1 aliphatic rings. The Morgan fingerprint density at radius 2 is 2.03 bits per heavy atom. The van der Waals surface area contributed by atoms with Crippen LogP contribution in [0.3, 0.4) is 0 Å². The first-order valence-electron chi connectivity index (χ1n) is 9.15. The fraction of sp³-hybridized carbons (Fsp3) is 0.250. The van der Waals surface area contributed by atoms with Gasteiger partial charge in [0.05, 0.1) is 10.6 Å². The van der Waals surface area contributed by atoms with Crippen LogP contribution in [-0.2, 0) is 5.75 Å². The number of thiophene rings is 1. The van der Waals surface area contributed by atoms with Crippen LogP contribution in [0.5, 0.6) is 11.5 Å². The van der Waals surface area contributed by atoms with Gasteiger partial charge in [-0.15, -0.1) is 32.9 Å². The fourth-order valence-electron chi connectivity index (χ4n) is 3.09. The van der Waals surface area contributed by atoms with E-state index in [1.807, 2.05) is 24.3 Å². The molecule has 0 N–H and O–H groups in total.